The van der Waals surface area contributed by atoms with E-state index in [1.807, 2.05) is 19.1 Å². The predicted octanol–water partition coefficient (Wildman–Crippen LogP) is 3.93. The van der Waals surface area contributed by atoms with Gasteiger partial charge in [-0.2, -0.15) is 0 Å². The van der Waals surface area contributed by atoms with E-state index in [9.17, 15) is 4.79 Å². The second-order valence-corrected chi connectivity index (χ2v) is 4.12. The lowest BCUT2D eigenvalue weighted by atomic mass is 10.0. The number of Topliss-reactive ketones (excluding diaryl/α,β-unsaturated/α-hetero) is 1. The van der Waals surface area contributed by atoms with Crippen LogP contribution in [-0.4, -0.2) is 5.78 Å². The summed E-state index contributed by atoms with van der Waals surface area (Å²) in [6.07, 6.45) is 3.86. The van der Waals surface area contributed by atoms with Gasteiger partial charge in [0, 0.05) is 0 Å². The molecule has 0 amide bonds. The molecule has 0 saturated carbocycles. The first kappa shape index (κ1) is 12.4. The van der Waals surface area contributed by atoms with Crippen molar-refractivity contribution in [1.82, 2.24) is 0 Å². The molecule has 1 aromatic rings. The molecule has 1 heteroatoms. The third-order valence-corrected chi connectivity index (χ3v) is 2.65. The van der Waals surface area contributed by atoms with Crippen LogP contribution in [0.4, 0.5) is 0 Å². The molecule has 0 radical (unpaired) electrons. The molecule has 16 heavy (non-hydrogen) atoms. The minimum Gasteiger partial charge on any atom is -0.295 e. The van der Waals surface area contributed by atoms with Crippen molar-refractivity contribution in [3.8, 4) is 0 Å². The first-order valence-electron chi connectivity index (χ1n) is 5.44. The van der Waals surface area contributed by atoms with Crippen LogP contribution in [0.5, 0.6) is 0 Å². The Bertz CT molecular complexity index is 433. The Morgan fingerprint density at radius 1 is 1.00 bits per heavy atom. The van der Waals surface area contributed by atoms with Crippen LogP contribution in [0.2, 0.25) is 0 Å². The van der Waals surface area contributed by atoms with Crippen molar-refractivity contribution in [2.45, 2.75) is 27.7 Å². The number of ketones is 1. The number of hydrogen-bond donors (Lipinski definition) is 0. The minimum atomic E-state index is 0.118. The Balaban J connectivity index is 2.90. The van der Waals surface area contributed by atoms with Crippen molar-refractivity contribution in [2.75, 3.05) is 0 Å². The summed E-state index contributed by atoms with van der Waals surface area (Å²) in [5.74, 6) is 0.118. The fourth-order valence-corrected chi connectivity index (χ4v) is 1.28. The number of hydrogen-bond acceptors (Lipinski definition) is 1. The van der Waals surface area contributed by atoms with E-state index in [1.165, 1.54) is 16.7 Å². The highest BCUT2D eigenvalue weighted by Crippen LogP contribution is 2.14. The molecule has 0 saturated heterocycles. The lowest BCUT2D eigenvalue weighted by molar-refractivity contribution is -0.113. The molecule has 0 N–H and O–H groups in total. The molecule has 0 bridgehead atoms. The molecule has 1 aromatic carbocycles. The molecule has 0 aliphatic heterocycles. The normalized spacial score (nSPS) is 12.8. The molecule has 0 fully saturated rings. The van der Waals surface area contributed by atoms with Gasteiger partial charge in [-0.15, -0.1) is 0 Å². The molecule has 1 rings (SSSR count). The Hall–Kier alpha value is -1.63. The standard InChI is InChI=1S/C15H18O/c1-11-5-9-15(10-6-11)13(3)8-7-12(2)14(4)16/h5-10H,1-4H3/b12-7-,13-8+. The van der Waals surface area contributed by atoms with Gasteiger partial charge in [0.05, 0.1) is 0 Å². The van der Waals surface area contributed by atoms with Crippen molar-refractivity contribution in [3.63, 3.8) is 0 Å². The topological polar surface area (TPSA) is 17.1 Å². The Labute approximate surface area is 97.5 Å². The average molecular weight is 214 g/mol. The van der Waals surface area contributed by atoms with Crippen LogP contribution in [0.25, 0.3) is 5.57 Å². The van der Waals surface area contributed by atoms with Crippen molar-refractivity contribution < 1.29 is 4.79 Å². The lowest BCUT2D eigenvalue weighted by Gasteiger charge is -2.01. The Kier molecular flexibility index (Phi) is 4.24. The molecule has 0 aromatic heterocycles. The summed E-state index contributed by atoms with van der Waals surface area (Å²) >= 11 is 0. The largest absolute Gasteiger partial charge is 0.295 e. The molecular formula is C15H18O. The van der Waals surface area contributed by atoms with E-state index in [4.69, 9.17) is 0 Å². The van der Waals surface area contributed by atoms with Gasteiger partial charge in [-0.1, -0.05) is 42.0 Å². The third-order valence-electron chi connectivity index (χ3n) is 2.65. The van der Waals surface area contributed by atoms with Crippen molar-refractivity contribution in [1.29, 1.82) is 0 Å². The van der Waals surface area contributed by atoms with E-state index < -0.39 is 0 Å². The van der Waals surface area contributed by atoms with Crippen molar-refractivity contribution in [3.05, 3.63) is 53.1 Å². The molecule has 0 spiro atoms. The van der Waals surface area contributed by atoms with Crippen molar-refractivity contribution in [2.24, 2.45) is 0 Å². The molecule has 0 heterocycles. The van der Waals surface area contributed by atoms with Gasteiger partial charge in [-0.25, -0.2) is 0 Å². The van der Waals surface area contributed by atoms with Gasteiger partial charge < -0.3 is 0 Å². The van der Waals surface area contributed by atoms with Gasteiger partial charge >= 0.3 is 0 Å². The van der Waals surface area contributed by atoms with Gasteiger partial charge in [-0.05, 0) is 44.4 Å². The fourth-order valence-electron chi connectivity index (χ4n) is 1.28. The monoisotopic (exact) mass is 214 g/mol. The van der Waals surface area contributed by atoms with Gasteiger partial charge in [0.25, 0.3) is 0 Å². The van der Waals surface area contributed by atoms with Crippen LogP contribution in [-0.2, 0) is 4.79 Å². The molecule has 0 aliphatic carbocycles. The van der Waals surface area contributed by atoms with Gasteiger partial charge in [0.2, 0.25) is 0 Å². The summed E-state index contributed by atoms with van der Waals surface area (Å²) in [4.78, 5) is 11.0. The van der Waals surface area contributed by atoms with E-state index in [2.05, 4.69) is 38.1 Å². The van der Waals surface area contributed by atoms with Crippen LogP contribution in [0.1, 0.15) is 31.9 Å². The number of carbonyl (C=O) groups excluding carboxylic acids is 1. The number of carbonyl (C=O) groups is 1. The van der Waals surface area contributed by atoms with E-state index in [0.717, 1.165) is 5.57 Å². The van der Waals surface area contributed by atoms with E-state index in [1.54, 1.807) is 6.92 Å². The highest BCUT2D eigenvalue weighted by Gasteiger charge is 1.96. The van der Waals surface area contributed by atoms with Crippen LogP contribution in [0.15, 0.2) is 42.0 Å². The quantitative estimate of drug-likeness (QED) is 0.550. The van der Waals surface area contributed by atoms with Crippen LogP contribution in [0, 0.1) is 6.92 Å². The second kappa shape index (κ2) is 5.45. The summed E-state index contributed by atoms with van der Waals surface area (Å²) in [7, 11) is 0. The molecule has 0 atom stereocenters. The van der Waals surface area contributed by atoms with Crippen LogP contribution in [0.3, 0.4) is 0 Å². The molecule has 84 valence electrons. The summed E-state index contributed by atoms with van der Waals surface area (Å²) in [6, 6.07) is 8.37. The molecule has 0 unspecified atom stereocenters. The maximum atomic E-state index is 11.0. The maximum absolute atomic E-state index is 11.0. The zero-order valence-electron chi connectivity index (χ0n) is 10.4. The first-order valence-corrected chi connectivity index (χ1v) is 5.44. The number of allylic oxidation sites excluding steroid dienone is 4. The Morgan fingerprint density at radius 2 is 1.56 bits per heavy atom. The maximum Gasteiger partial charge on any atom is 0.155 e. The summed E-state index contributed by atoms with van der Waals surface area (Å²) < 4.78 is 0. The number of aryl methyl sites for hydroxylation is 1. The summed E-state index contributed by atoms with van der Waals surface area (Å²) in [5.41, 5.74) is 4.40. The molecule has 0 aliphatic rings. The minimum absolute atomic E-state index is 0.118. The zero-order valence-corrected chi connectivity index (χ0v) is 10.4. The highest BCUT2D eigenvalue weighted by molar-refractivity contribution is 5.93. The van der Waals surface area contributed by atoms with Crippen LogP contribution >= 0.6 is 0 Å². The SMILES string of the molecule is CC(=O)/C(C)=C\C=C(/C)c1ccc(C)cc1. The summed E-state index contributed by atoms with van der Waals surface area (Å²) in [5, 5.41) is 0. The lowest BCUT2D eigenvalue weighted by Crippen LogP contribution is -1.89. The van der Waals surface area contributed by atoms with Gasteiger partial charge in [-0.3, -0.25) is 4.79 Å². The van der Waals surface area contributed by atoms with E-state index >= 15 is 0 Å². The Morgan fingerprint density at radius 3 is 2.06 bits per heavy atom. The average Bonchev–Trinajstić information content (AvgIpc) is 2.26. The molecular weight excluding hydrogens is 196 g/mol. The second-order valence-electron chi connectivity index (χ2n) is 4.12. The number of benzene rings is 1. The smallest absolute Gasteiger partial charge is 0.155 e. The predicted molar refractivity (Wildman–Crippen MR) is 69.3 cm³/mol. The van der Waals surface area contributed by atoms with Crippen LogP contribution < -0.4 is 0 Å². The highest BCUT2D eigenvalue weighted by atomic mass is 16.1. The first-order chi connectivity index (χ1) is 7.50. The fraction of sp³-hybridized carbons (Fsp3) is 0.267. The van der Waals surface area contributed by atoms with Gasteiger partial charge in [0.15, 0.2) is 5.78 Å². The molecule has 1 nitrogen and oxygen atoms in total. The van der Waals surface area contributed by atoms with Gasteiger partial charge in [0.1, 0.15) is 0 Å². The number of rotatable bonds is 3. The zero-order chi connectivity index (χ0) is 12.1. The van der Waals surface area contributed by atoms with Crippen molar-refractivity contribution >= 4 is 11.4 Å². The third kappa shape index (κ3) is 3.50. The summed E-state index contributed by atoms with van der Waals surface area (Å²) in [6.45, 7) is 7.54. The van der Waals surface area contributed by atoms with E-state index in [-0.39, 0.29) is 5.78 Å². The van der Waals surface area contributed by atoms with E-state index in [0.29, 0.717) is 0 Å².